The largest absolute Gasteiger partial charge is 0.497 e. The van der Waals surface area contributed by atoms with Gasteiger partial charge in [-0.2, -0.15) is 0 Å². The van der Waals surface area contributed by atoms with Crippen LogP contribution >= 0.6 is 0 Å². The Bertz CT molecular complexity index is 927. The molecule has 1 heterocycles. The second-order valence-corrected chi connectivity index (χ2v) is 7.36. The normalized spacial score (nSPS) is 11.2. The molecular weight excluding hydrogens is 362 g/mol. The van der Waals surface area contributed by atoms with E-state index in [1.54, 1.807) is 7.11 Å². The van der Waals surface area contributed by atoms with Crippen molar-refractivity contribution in [3.8, 4) is 5.75 Å². The number of para-hydroxylation sites is 2. The lowest BCUT2D eigenvalue weighted by molar-refractivity contribution is -0.125. The molecule has 1 N–H and O–H groups in total. The molecule has 0 saturated carbocycles. The molecule has 1 amide bonds. The van der Waals surface area contributed by atoms with Gasteiger partial charge in [0.05, 0.1) is 18.1 Å². The number of hydrogen-bond donors (Lipinski definition) is 1. The van der Waals surface area contributed by atoms with Crippen molar-refractivity contribution in [1.29, 1.82) is 0 Å². The summed E-state index contributed by atoms with van der Waals surface area (Å²) in [5.41, 5.74) is 3.36. The van der Waals surface area contributed by atoms with Crippen LogP contribution in [0.25, 0.3) is 11.0 Å². The van der Waals surface area contributed by atoms with Gasteiger partial charge in [0.1, 0.15) is 11.6 Å². The molecule has 154 valence electrons. The Balaban J connectivity index is 1.70. The molecule has 0 aliphatic rings. The lowest BCUT2D eigenvalue weighted by atomic mass is 10.0. The highest BCUT2D eigenvalue weighted by molar-refractivity contribution is 5.78. The van der Waals surface area contributed by atoms with Crippen LogP contribution in [0.3, 0.4) is 0 Å². The number of amides is 1. The van der Waals surface area contributed by atoms with Gasteiger partial charge >= 0.3 is 0 Å². The van der Waals surface area contributed by atoms with Crippen LogP contribution in [-0.4, -0.2) is 29.1 Å². The van der Waals surface area contributed by atoms with Crippen molar-refractivity contribution in [3.05, 3.63) is 59.9 Å². The summed E-state index contributed by atoms with van der Waals surface area (Å²) in [6, 6.07) is 16.4. The number of nitrogens with one attached hydrogen (secondary N) is 1. The molecule has 5 heteroatoms. The number of hydrogen-bond acceptors (Lipinski definition) is 3. The first kappa shape index (κ1) is 20.9. The number of methoxy groups -OCH3 is 1. The van der Waals surface area contributed by atoms with Crippen LogP contribution in [0.2, 0.25) is 0 Å². The maximum absolute atomic E-state index is 12.2. The highest BCUT2D eigenvalue weighted by Crippen LogP contribution is 2.20. The fourth-order valence-corrected chi connectivity index (χ4v) is 3.67. The van der Waals surface area contributed by atoms with E-state index in [0.29, 0.717) is 6.54 Å². The zero-order valence-corrected chi connectivity index (χ0v) is 17.6. The van der Waals surface area contributed by atoms with E-state index in [4.69, 9.17) is 9.72 Å². The maximum Gasteiger partial charge on any atom is 0.223 e. The molecule has 3 rings (SSSR count). The van der Waals surface area contributed by atoms with Crippen molar-refractivity contribution in [2.24, 2.45) is 5.92 Å². The van der Waals surface area contributed by atoms with E-state index < -0.39 is 0 Å². The highest BCUT2D eigenvalue weighted by atomic mass is 16.5. The van der Waals surface area contributed by atoms with Gasteiger partial charge in [-0.1, -0.05) is 38.1 Å². The molecule has 0 spiro atoms. The summed E-state index contributed by atoms with van der Waals surface area (Å²) in [4.78, 5) is 17.0. The molecule has 0 unspecified atom stereocenters. The minimum atomic E-state index is 0.120. The Hall–Kier alpha value is -2.82. The monoisotopic (exact) mass is 393 g/mol. The van der Waals surface area contributed by atoms with Gasteiger partial charge in [0.15, 0.2) is 0 Å². The third-order valence-electron chi connectivity index (χ3n) is 5.47. The van der Waals surface area contributed by atoms with Crippen LogP contribution < -0.4 is 10.1 Å². The van der Waals surface area contributed by atoms with Crippen LogP contribution in [0.4, 0.5) is 0 Å². The molecule has 0 radical (unpaired) electrons. The van der Waals surface area contributed by atoms with E-state index in [1.807, 2.05) is 24.3 Å². The smallest absolute Gasteiger partial charge is 0.223 e. The van der Waals surface area contributed by atoms with Crippen molar-refractivity contribution in [1.82, 2.24) is 14.9 Å². The van der Waals surface area contributed by atoms with Crippen LogP contribution in [-0.2, 0) is 17.8 Å². The predicted molar refractivity (Wildman–Crippen MR) is 117 cm³/mol. The average molecular weight is 394 g/mol. The Morgan fingerprint density at radius 1 is 1.10 bits per heavy atom. The molecule has 0 aliphatic carbocycles. The van der Waals surface area contributed by atoms with E-state index in [-0.39, 0.29) is 11.8 Å². The third kappa shape index (κ3) is 5.17. The first-order valence-corrected chi connectivity index (χ1v) is 10.5. The second-order valence-electron chi connectivity index (χ2n) is 7.36. The van der Waals surface area contributed by atoms with Gasteiger partial charge in [0, 0.05) is 25.4 Å². The van der Waals surface area contributed by atoms with Gasteiger partial charge in [-0.15, -0.1) is 0 Å². The SMILES string of the molecule is CCC(CC)C(=O)NCCCc1nc2ccccc2n1Cc1ccc(OC)cc1. The molecule has 0 aliphatic heterocycles. The number of fused-ring (bicyclic) bond motifs is 1. The Labute approximate surface area is 173 Å². The van der Waals surface area contributed by atoms with Gasteiger partial charge in [-0.25, -0.2) is 4.98 Å². The van der Waals surface area contributed by atoms with E-state index in [1.165, 1.54) is 5.56 Å². The number of imidazole rings is 1. The lowest BCUT2D eigenvalue weighted by Gasteiger charge is -2.13. The average Bonchev–Trinajstić information content (AvgIpc) is 3.10. The van der Waals surface area contributed by atoms with Crippen LogP contribution in [0, 0.1) is 5.92 Å². The Morgan fingerprint density at radius 2 is 1.83 bits per heavy atom. The first-order valence-electron chi connectivity index (χ1n) is 10.5. The lowest BCUT2D eigenvalue weighted by Crippen LogP contribution is -2.31. The molecule has 0 fully saturated rings. The van der Waals surface area contributed by atoms with Crippen LogP contribution in [0.5, 0.6) is 5.75 Å². The van der Waals surface area contributed by atoms with Crippen molar-refractivity contribution in [3.63, 3.8) is 0 Å². The topological polar surface area (TPSA) is 56.2 Å². The predicted octanol–water partition coefficient (Wildman–Crippen LogP) is 4.58. The van der Waals surface area contributed by atoms with Gasteiger partial charge in [-0.05, 0) is 49.1 Å². The van der Waals surface area contributed by atoms with Crippen LogP contribution in [0.15, 0.2) is 48.5 Å². The quantitative estimate of drug-likeness (QED) is 0.513. The van der Waals surface area contributed by atoms with Gasteiger partial charge in [0.25, 0.3) is 0 Å². The zero-order chi connectivity index (χ0) is 20.6. The van der Waals surface area contributed by atoms with Gasteiger partial charge < -0.3 is 14.6 Å². The molecule has 0 bridgehead atoms. The number of aromatic nitrogens is 2. The number of benzene rings is 2. The molecule has 0 saturated heterocycles. The summed E-state index contributed by atoms with van der Waals surface area (Å²) in [6.45, 7) is 5.57. The summed E-state index contributed by atoms with van der Waals surface area (Å²) in [7, 11) is 1.68. The number of aryl methyl sites for hydroxylation is 1. The van der Waals surface area contributed by atoms with Crippen molar-refractivity contribution in [2.45, 2.75) is 46.1 Å². The van der Waals surface area contributed by atoms with E-state index in [2.05, 4.69) is 48.0 Å². The van der Waals surface area contributed by atoms with Gasteiger partial charge in [0.2, 0.25) is 5.91 Å². The van der Waals surface area contributed by atoms with Gasteiger partial charge in [-0.3, -0.25) is 4.79 Å². The van der Waals surface area contributed by atoms with Crippen molar-refractivity contribution >= 4 is 16.9 Å². The third-order valence-corrected chi connectivity index (χ3v) is 5.47. The van der Waals surface area contributed by atoms with E-state index in [9.17, 15) is 4.79 Å². The fraction of sp³-hybridized carbons (Fsp3) is 0.417. The minimum absolute atomic E-state index is 0.120. The summed E-state index contributed by atoms with van der Waals surface area (Å²) in [5, 5.41) is 3.08. The maximum atomic E-state index is 12.2. The fourth-order valence-electron chi connectivity index (χ4n) is 3.67. The standard InChI is InChI=1S/C24H31N3O2/c1-4-19(5-2)24(28)25-16-8-11-23-26-21-9-6-7-10-22(21)27(23)17-18-12-14-20(29-3)15-13-18/h6-7,9-10,12-15,19H,4-5,8,11,16-17H2,1-3H3,(H,25,28). The number of ether oxygens (including phenoxy) is 1. The Kier molecular flexibility index (Phi) is 7.28. The molecular formula is C24H31N3O2. The molecule has 0 atom stereocenters. The highest BCUT2D eigenvalue weighted by Gasteiger charge is 2.14. The Morgan fingerprint density at radius 3 is 2.52 bits per heavy atom. The van der Waals surface area contributed by atoms with Crippen molar-refractivity contribution < 1.29 is 9.53 Å². The zero-order valence-electron chi connectivity index (χ0n) is 17.6. The summed E-state index contributed by atoms with van der Waals surface area (Å²) >= 11 is 0. The van der Waals surface area contributed by atoms with Crippen LogP contribution in [0.1, 0.15) is 44.5 Å². The number of nitrogens with zero attached hydrogens (tertiary/aromatic N) is 2. The molecule has 1 aromatic heterocycles. The summed E-state index contributed by atoms with van der Waals surface area (Å²) < 4.78 is 7.54. The number of carbonyl (C=O) groups is 1. The van der Waals surface area contributed by atoms with E-state index in [0.717, 1.165) is 54.8 Å². The summed E-state index contributed by atoms with van der Waals surface area (Å²) in [6.07, 6.45) is 3.48. The van der Waals surface area contributed by atoms with E-state index >= 15 is 0 Å². The molecule has 2 aromatic carbocycles. The number of rotatable bonds is 10. The number of carbonyl (C=O) groups excluding carboxylic acids is 1. The second kappa shape index (κ2) is 10.1. The minimum Gasteiger partial charge on any atom is -0.497 e. The first-order chi connectivity index (χ1) is 14.2. The summed E-state index contributed by atoms with van der Waals surface area (Å²) in [5.74, 6) is 2.20. The molecule has 3 aromatic rings. The van der Waals surface area contributed by atoms with Crippen molar-refractivity contribution in [2.75, 3.05) is 13.7 Å². The molecule has 29 heavy (non-hydrogen) atoms. The molecule has 5 nitrogen and oxygen atoms in total.